The number of anilines is 1. The van der Waals surface area contributed by atoms with Gasteiger partial charge in [0.05, 0.1) is 6.20 Å². The molecule has 1 aromatic carbocycles. The van der Waals surface area contributed by atoms with Crippen molar-refractivity contribution in [3.8, 4) is 0 Å². The fraction of sp³-hybridized carbons (Fsp3) is 0. The van der Waals surface area contributed by atoms with Gasteiger partial charge >= 0.3 is 0 Å². The Balaban J connectivity index is 1.96. The van der Waals surface area contributed by atoms with Gasteiger partial charge in [0.2, 0.25) is 0 Å². The number of nitrogens with zero attached hydrogens (tertiary/aromatic N) is 3. The van der Waals surface area contributed by atoms with E-state index in [1.54, 1.807) is 6.07 Å². The Morgan fingerprint density at radius 1 is 1.20 bits per heavy atom. The summed E-state index contributed by atoms with van der Waals surface area (Å²) in [5, 5.41) is 4.58. The number of aromatic nitrogens is 3. The van der Waals surface area contributed by atoms with Gasteiger partial charge in [0.15, 0.2) is 5.82 Å². The summed E-state index contributed by atoms with van der Waals surface area (Å²) in [6.07, 6.45) is 4.48. The molecule has 0 bridgehead atoms. The number of benzene rings is 1. The summed E-state index contributed by atoms with van der Waals surface area (Å²) in [7, 11) is 0. The average molecular weight is 285 g/mol. The van der Waals surface area contributed by atoms with Crippen LogP contribution in [-0.2, 0) is 0 Å². The number of fused-ring (bicyclic) bond motifs is 1. The van der Waals surface area contributed by atoms with Crippen molar-refractivity contribution >= 4 is 34.1 Å². The number of carbonyl (C=O) groups is 1. The molecule has 0 unspecified atom stereocenters. The van der Waals surface area contributed by atoms with Gasteiger partial charge in [-0.1, -0.05) is 35.9 Å². The van der Waals surface area contributed by atoms with E-state index in [0.717, 1.165) is 10.8 Å². The fourth-order valence-electron chi connectivity index (χ4n) is 1.82. The van der Waals surface area contributed by atoms with Crippen molar-refractivity contribution in [1.29, 1.82) is 0 Å². The van der Waals surface area contributed by atoms with E-state index in [-0.39, 0.29) is 11.6 Å². The van der Waals surface area contributed by atoms with Crippen LogP contribution in [-0.4, -0.2) is 20.9 Å². The average Bonchev–Trinajstić information content (AvgIpc) is 2.48. The van der Waals surface area contributed by atoms with Gasteiger partial charge in [-0.2, -0.15) is 0 Å². The molecule has 1 N–H and O–H groups in total. The summed E-state index contributed by atoms with van der Waals surface area (Å²) >= 11 is 6.09. The minimum absolute atomic E-state index is 0.236. The van der Waals surface area contributed by atoms with Crippen LogP contribution >= 0.6 is 11.6 Å². The smallest absolute Gasteiger partial charge is 0.275 e. The number of pyridine rings is 1. The van der Waals surface area contributed by atoms with Crippen molar-refractivity contribution in [2.45, 2.75) is 0 Å². The van der Waals surface area contributed by atoms with E-state index in [1.807, 2.05) is 24.3 Å². The Kier molecular flexibility index (Phi) is 3.26. The van der Waals surface area contributed by atoms with E-state index >= 15 is 0 Å². The minimum Gasteiger partial charge on any atom is -0.304 e. The Morgan fingerprint density at radius 2 is 2.05 bits per heavy atom. The van der Waals surface area contributed by atoms with Crippen LogP contribution in [0.1, 0.15) is 10.5 Å². The largest absolute Gasteiger partial charge is 0.304 e. The van der Waals surface area contributed by atoms with E-state index in [4.69, 9.17) is 11.6 Å². The molecule has 0 saturated heterocycles. The second-order valence-corrected chi connectivity index (χ2v) is 4.42. The summed E-state index contributed by atoms with van der Waals surface area (Å²) < 4.78 is 0. The van der Waals surface area contributed by atoms with Crippen LogP contribution in [0.15, 0.2) is 48.9 Å². The van der Waals surface area contributed by atoms with Crippen molar-refractivity contribution in [3.05, 3.63) is 59.8 Å². The van der Waals surface area contributed by atoms with Crippen molar-refractivity contribution in [3.63, 3.8) is 0 Å². The van der Waals surface area contributed by atoms with Crippen LogP contribution < -0.4 is 5.32 Å². The molecule has 2 aromatic heterocycles. The molecular weight excluding hydrogens is 276 g/mol. The molecule has 0 aliphatic heterocycles. The zero-order valence-corrected chi connectivity index (χ0v) is 11.0. The van der Waals surface area contributed by atoms with Gasteiger partial charge < -0.3 is 5.32 Å². The fourth-order valence-corrected chi connectivity index (χ4v) is 2.08. The Bertz CT molecular complexity index is 776. The molecule has 0 saturated carbocycles. The molecule has 5 nitrogen and oxygen atoms in total. The van der Waals surface area contributed by atoms with Gasteiger partial charge in [-0.25, -0.2) is 9.97 Å². The lowest BCUT2D eigenvalue weighted by atomic mass is 10.1. The van der Waals surface area contributed by atoms with E-state index in [9.17, 15) is 4.79 Å². The Morgan fingerprint density at radius 3 is 2.85 bits per heavy atom. The van der Waals surface area contributed by atoms with Crippen LogP contribution in [0.2, 0.25) is 5.15 Å². The molecule has 0 spiro atoms. The van der Waals surface area contributed by atoms with Crippen molar-refractivity contribution < 1.29 is 4.79 Å². The highest BCUT2D eigenvalue weighted by Crippen LogP contribution is 2.22. The number of nitrogens with one attached hydrogen (secondary N) is 1. The van der Waals surface area contributed by atoms with Crippen LogP contribution in [0.3, 0.4) is 0 Å². The first-order valence-electron chi connectivity index (χ1n) is 5.87. The summed E-state index contributed by atoms with van der Waals surface area (Å²) in [5.74, 6) is -0.0123. The second kappa shape index (κ2) is 5.22. The van der Waals surface area contributed by atoms with E-state index < -0.39 is 0 Å². The van der Waals surface area contributed by atoms with Crippen molar-refractivity contribution in [1.82, 2.24) is 15.0 Å². The molecular formula is C14H9ClN4O. The number of halogens is 1. The van der Waals surface area contributed by atoms with E-state index in [2.05, 4.69) is 20.3 Å². The van der Waals surface area contributed by atoms with Gasteiger partial charge in [0, 0.05) is 17.8 Å². The lowest BCUT2D eigenvalue weighted by Crippen LogP contribution is -2.14. The lowest BCUT2D eigenvalue weighted by Gasteiger charge is -2.05. The van der Waals surface area contributed by atoms with Gasteiger partial charge in [-0.3, -0.25) is 9.78 Å². The molecule has 98 valence electrons. The second-order valence-electron chi connectivity index (χ2n) is 4.06. The van der Waals surface area contributed by atoms with Crippen LogP contribution in [0.5, 0.6) is 0 Å². The highest BCUT2D eigenvalue weighted by molar-refractivity contribution is 6.34. The monoisotopic (exact) mass is 284 g/mol. The molecule has 0 aliphatic rings. The molecule has 3 aromatic rings. The minimum atomic E-state index is -0.377. The van der Waals surface area contributed by atoms with Crippen molar-refractivity contribution in [2.24, 2.45) is 0 Å². The first kappa shape index (κ1) is 12.5. The molecule has 20 heavy (non-hydrogen) atoms. The summed E-state index contributed by atoms with van der Waals surface area (Å²) in [5.41, 5.74) is 0.236. The maximum Gasteiger partial charge on any atom is 0.275 e. The normalized spacial score (nSPS) is 10.4. The predicted molar refractivity (Wildman–Crippen MR) is 76.7 cm³/mol. The van der Waals surface area contributed by atoms with Gasteiger partial charge in [0.25, 0.3) is 5.91 Å². The molecule has 0 aliphatic carbocycles. The van der Waals surface area contributed by atoms with Crippen LogP contribution in [0.25, 0.3) is 10.8 Å². The topological polar surface area (TPSA) is 67.8 Å². The number of hydrogen-bond acceptors (Lipinski definition) is 4. The van der Waals surface area contributed by atoms with Crippen LogP contribution in [0, 0.1) is 0 Å². The third-order valence-electron chi connectivity index (χ3n) is 2.73. The zero-order valence-electron chi connectivity index (χ0n) is 10.2. The van der Waals surface area contributed by atoms with Gasteiger partial charge in [0.1, 0.15) is 10.8 Å². The third kappa shape index (κ3) is 2.44. The Hall–Kier alpha value is -2.53. The van der Waals surface area contributed by atoms with Gasteiger partial charge in [-0.15, -0.1) is 0 Å². The van der Waals surface area contributed by atoms with Gasteiger partial charge in [-0.05, 0) is 11.5 Å². The predicted octanol–water partition coefficient (Wildman–Crippen LogP) is 2.93. The molecule has 0 radical (unpaired) electrons. The van der Waals surface area contributed by atoms with Crippen LogP contribution in [0.4, 0.5) is 5.82 Å². The quantitative estimate of drug-likeness (QED) is 0.735. The lowest BCUT2D eigenvalue weighted by molar-refractivity contribution is 0.102. The number of hydrogen-bond donors (Lipinski definition) is 1. The van der Waals surface area contributed by atoms with Crippen molar-refractivity contribution in [2.75, 3.05) is 5.32 Å². The maximum atomic E-state index is 12.1. The number of carbonyl (C=O) groups excluding carboxylic acids is 1. The molecule has 1 amide bonds. The number of amides is 1. The third-order valence-corrected chi connectivity index (χ3v) is 3.02. The maximum absolute atomic E-state index is 12.1. The molecule has 6 heteroatoms. The highest BCUT2D eigenvalue weighted by Gasteiger charge is 2.11. The standard InChI is InChI=1S/C14H9ClN4O/c15-13-10-4-2-1-3-9(10)7-11(18-13)14(20)19-12-8-16-5-6-17-12/h1-8H,(H,17,19,20). The molecule has 3 rings (SSSR count). The van der Waals surface area contributed by atoms with E-state index in [0.29, 0.717) is 11.0 Å². The summed E-state index contributed by atoms with van der Waals surface area (Å²) in [4.78, 5) is 24.1. The molecule has 0 fully saturated rings. The summed E-state index contributed by atoms with van der Waals surface area (Å²) in [6, 6.07) is 9.17. The SMILES string of the molecule is O=C(Nc1cnccn1)c1cc2ccccc2c(Cl)n1. The highest BCUT2D eigenvalue weighted by atomic mass is 35.5. The molecule has 0 atom stereocenters. The Labute approximate surface area is 119 Å². The van der Waals surface area contributed by atoms with E-state index in [1.165, 1.54) is 18.6 Å². The summed E-state index contributed by atoms with van der Waals surface area (Å²) in [6.45, 7) is 0. The first-order valence-corrected chi connectivity index (χ1v) is 6.24. The molecule has 2 heterocycles. The zero-order chi connectivity index (χ0) is 13.9. The first-order chi connectivity index (χ1) is 9.74. The number of rotatable bonds is 2.